The second kappa shape index (κ2) is 6.16. The average Bonchev–Trinajstić information content (AvgIpc) is 3.25. The van der Waals surface area contributed by atoms with E-state index >= 15 is 0 Å². The summed E-state index contributed by atoms with van der Waals surface area (Å²) in [5, 5.41) is 0. The summed E-state index contributed by atoms with van der Waals surface area (Å²) in [6.45, 7) is 3.79. The number of benzene rings is 1. The number of amides is 1. The van der Waals surface area contributed by atoms with E-state index < -0.39 is 0 Å². The molecule has 3 atom stereocenters. The van der Waals surface area contributed by atoms with Crippen molar-refractivity contribution in [3.05, 3.63) is 29.8 Å². The highest BCUT2D eigenvalue weighted by Gasteiger charge is 2.42. The molecule has 0 radical (unpaired) electrons. The van der Waals surface area contributed by atoms with Gasteiger partial charge in [-0.05, 0) is 55.4 Å². The van der Waals surface area contributed by atoms with E-state index in [-0.39, 0.29) is 5.91 Å². The lowest BCUT2D eigenvalue weighted by atomic mass is 9.93. The van der Waals surface area contributed by atoms with E-state index in [4.69, 9.17) is 4.74 Å². The Bertz CT molecular complexity index is 563. The van der Waals surface area contributed by atoms with Gasteiger partial charge in [-0.15, -0.1) is 0 Å². The van der Waals surface area contributed by atoms with Gasteiger partial charge in [0, 0.05) is 37.8 Å². The van der Waals surface area contributed by atoms with Gasteiger partial charge in [-0.2, -0.15) is 0 Å². The number of rotatable bonds is 3. The second-order valence-corrected chi connectivity index (χ2v) is 7.30. The highest BCUT2D eigenvalue weighted by Crippen LogP contribution is 2.46. The van der Waals surface area contributed by atoms with E-state index in [1.165, 1.54) is 25.7 Å². The maximum Gasteiger partial charge on any atom is 0.253 e. The first-order valence-corrected chi connectivity index (χ1v) is 8.92. The van der Waals surface area contributed by atoms with Crippen molar-refractivity contribution in [2.75, 3.05) is 33.3 Å². The Labute approximate surface area is 138 Å². The maximum atomic E-state index is 12.6. The largest absolute Gasteiger partial charge is 0.497 e. The standard InChI is InChI=1S/C19H26N2O2/c1-23-17-6-4-15(5-7-17)19(22)21-10-8-20(9-11-21)18-13-14-2-3-16(18)12-14/h4-7,14,16,18H,2-3,8-13H2,1H3/t14-,16-,18-/m0/s1. The number of hydrogen-bond donors (Lipinski definition) is 0. The van der Waals surface area contributed by atoms with Crippen LogP contribution in [0.4, 0.5) is 0 Å². The fraction of sp³-hybridized carbons (Fsp3) is 0.632. The van der Waals surface area contributed by atoms with Gasteiger partial charge in [0.1, 0.15) is 5.75 Å². The minimum absolute atomic E-state index is 0.153. The summed E-state index contributed by atoms with van der Waals surface area (Å²) < 4.78 is 5.16. The van der Waals surface area contributed by atoms with Crippen LogP contribution in [0.5, 0.6) is 5.75 Å². The summed E-state index contributed by atoms with van der Waals surface area (Å²) in [4.78, 5) is 17.3. The highest BCUT2D eigenvalue weighted by atomic mass is 16.5. The Balaban J connectivity index is 1.34. The van der Waals surface area contributed by atoms with Crippen LogP contribution in [0.2, 0.25) is 0 Å². The van der Waals surface area contributed by atoms with Gasteiger partial charge in [-0.1, -0.05) is 6.42 Å². The minimum Gasteiger partial charge on any atom is -0.497 e. The number of ether oxygens (including phenoxy) is 1. The smallest absolute Gasteiger partial charge is 0.253 e. The van der Waals surface area contributed by atoms with Crippen molar-refractivity contribution in [3.63, 3.8) is 0 Å². The predicted octanol–water partition coefficient (Wildman–Crippen LogP) is 2.64. The zero-order valence-electron chi connectivity index (χ0n) is 13.9. The van der Waals surface area contributed by atoms with Crippen molar-refractivity contribution >= 4 is 5.91 Å². The van der Waals surface area contributed by atoms with Crippen LogP contribution >= 0.6 is 0 Å². The lowest BCUT2D eigenvalue weighted by Crippen LogP contribution is -2.53. The van der Waals surface area contributed by atoms with Gasteiger partial charge >= 0.3 is 0 Å². The predicted molar refractivity (Wildman–Crippen MR) is 89.7 cm³/mol. The number of nitrogens with zero attached hydrogens (tertiary/aromatic N) is 2. The molecule has 2 aliphatic carbocycles. The van der Waals surface area contributed by atoms with Crippen molar-refractivity contribution in [2.45, 2.75) is 31.7 Å². The maximum absolute atomic E-state index is 12.6. The van der Waals surface area contributed by atoms with Crippen molar-refractivity contribution in [1.82, 2.24) is 9.80 Å². The first-order chi connectivity index (χ1) is 11.2. The number of carbonyl (C=O) groups excluding carboxylic acids is 1. The highest BCUT2D eigenvalue weighted by molar-refractivity contribution is 5.94. The molecule has 0 aromatic heterocycles. The summed E-state index contributed by atoms with van der Waals surface area (Å²) in [5.74, 6) is 2.87. The fourth-order valence-electron chi connectivity index (χ4n) is 4.83. The van der Waals surface area contributed by atoms with Gasteiger partial charge < -0.3 is 9.64 Å². The van der Waals surface area contributed by atoms with Crippen LogP contribution in [0, 0.1) is 11.8 Å². The van der Waals surface area contributed by atoms with Crippen LogP contribution < -0.4 is 4.74 Å². The van der Waals surface area contributed by atoms with Gasteiger partial charge in [0.25, 0.3) is 5.91 Å². The van der Waals surface area contributed by atoms with Gasteiger partial charge in [-0.25, -0.2) is 0 Å². The number of piperazine rings is 1. The number of carbonyl (C=O) groups is 1. The molecule has 1 aliphatic heterocycles. The van der Waals surface area contributed by atoms with Crippen LogP contribution in [0.1, 0.15) is 36.0 Å². The zero-order valence-corrected chi connectivity index (χ0v) is 13.9. The summed E-state index contributed by atoms with van der Waals surface area (Å²) >= 11 is 0. The lowest BCUT2D eigenvalue weighted by Gasteiger charge is -2.41. The van der Waals surface area contributed by atoms with Crippen LogP contribution in [0.15, 0.2) is 24.3 Å². The molecular formula is C19H26N2O2. The van der Waals surface area contributed by atoms with Crippen LogP contribution in [-0.4, -0.2) is 55.0 Å². The number of fused-ring (bicyclic) bond motifs is 2. The first kappa shape index (κ1) is 15.0. The second-order valence-electron chi connectivity index (χ2n) is 7.30. The monoisotopic (exact) mass is 314 g/mol. The molecule has 1 saturated heterocycles. The third-order valence-corrected chi connectivity index (χ3v) is 6.11. The summed E-state index contributed by atoms with van der Waals surface area (Å²) in [7, 11) is 1.64. The molecule has 0 spiro atoms. The molecule has 23 heavy (non-hydrogen) atoms. The van der Waals surface area contributed by atoms with Gasteiger partial charge in [0.05, 0.1) is 7.11 Å². The third kappa shape index (κ3) is 2.85. The SMILES string of the molecule is COc1ccc(C(=O)N2CCN([C@H]3C[C@H]4CC[C@H]3C4)CC2)cc1. The summed E-state index contributed by atoms with van der Waals surface area (Å²) in [6.07, 6.45) is 5.74. The molecule has 3 fully saturated rings. The fourth-order valence-corrected chi connectivity index (χ4v) is 4.83. The zero-order chi connectivity index (χ0) is 15.8. The van der Waals surface area contributed by atoms with E-state index in [1.807, 2.05) is 29.2 Å². The topological polar surface area (TPSA) is 32.8 Å². The molecule has 4 rings (SSSR count). The Morgan fingerprint density at radius 3 is 2.35 bits per heavy atom. The lowest BCUT2D eigenvalue weighted by molar-refractivity contribution is 0.0496. The van der Waals surface area contributed by atoms with Gasteiger partial charge in [-0.3, -0.25) is 9.69 Å². The van der Waals surface area contributed by atoms with Crippen LogP contribution in [0.3, 0.4) is 0 Å². The van der Waals surface area contributed by atoms with Gasteiger partial charge in [0.2, 0.25) is 0 Å². The molecule has 2 saturated carbocycles. The normalized spacial score (nSPS) is 30.7. The number of hydrogen-bond acceptors (Lipinski definition) is 3. The number of methoxy groups -OCH3 is 1. The van der Waals surface area contributed by atoms with Crippen molar-refractivity contribution in [2.24, 2.45) is 11.8 Å². The molecule has 4 heteroatoms. The van der Waals surface area contributed by atoms with Crippen molar-refractivity contribution in [1.29, 1.82) is 0 Å². The average molecular weight is 314 g/mol. The molecular weight excluding hydrogens is 288 g/mol. The van der Waals surface area contributed by atoms with E-state index in [1.54, 1.807) is 7.11 Å². The van der Waals surface area contributed by atoms with E-state index in [2.05, 4.69) is 4.90 Å². The van der Waals surface area contributed by atoms with Gasteiger partial charge in [0.15, 0.2) is 0 Å². The molecule has 1 aromatic carbocycles. The Kier molecular flexibility index (Phi) is 4.02. The van der Waals surface area contributed by atoms with Crippen LogP contribution in [0.25, 0.3) is 0 Å². The summed E-state index contributed by atoms with van der Waals surface area (Å²) in [5.41, 5.74) is 0.763. The molecule has 3 aliphatic rings. The summed E-state index contributed by atoms with van der Waals surface area (Å²) in [6, 6.07) is 8.25. The van der Waals surface area contributed by atoms with E-state index in [0.29, 0.717) is 0 Å². The molecule has 1 aromatic rings. The molecule has 1 amide bonds. The molecule has 124 valence electrons. The molecule has 4 nitrogen and oxygen atoms in total. The van der Waals surface area contributed by atoms with Crippen molar-refractivity contribution < 1.29 is 9.53 Å². The first-order valence-electron chi connectivity index (χ1n) is 8.92. The minimum atomic E-state index is 0.153. The Morgan fingerprint density at radius 1 is 1.04 bits per heavy atom. The Morgan fingerprint density at radius 2 is 1.78 bits per heavy atom. The quantitative estimate of drug-likeness (QED) is 0.860. The van der Waals surface area contributed by atoms with Crippen molar-refractivity contribution in [3.8, 4) is 5.75 Å². The molecule has 1 heterocycles. The Hall–Kier alpha value is -1.55. The third-order valence-electron chi connectivity index (χ3n) is 6.11. The van der Waals surface area contributed by atoms with E-state index in [0.717, 1.165) is 55.4 Å². The van der Waals surface area contributed by atoms with E-state index in [9.17, 15) is 4.79 Å². The molecule has 2 bridgehead atoms. The molecule has 0 N–H and O–H groups in total. The molecule has 0 unspecified atom stereocenters. The van der Waals surface area contributed by atoms with Crippen LogP contribution in [-0.2, 0) is 0 Å².